The maximum Gasteiger partial charge on any atom is 0.0639 e. The van der Waals surface area contributed by atoms with Gasteiger partial charge in [-0.2, -0.15) is 5.10 Å². The number of aryl methyl sites for hydroxylation is 2. The van der Waals surface area contributed by atoms with Crippen molar-refractivity contribution in [2.24, 2.45) is 7.05 Å². The molecule has 2 rings (SSSR count). The molecule has 0 aromatic carbocycles. The van der Waals surface area contributed by atoms with Crippen LogP contribution in [0.25, 0.3) is 0 Å². The average molecular weight is 210 g/mol. The molecule has 0 amide bonds. The van der Waals surface area contributed by atoms with Crippen LogP contribution in [0.3, 0.4) is 0 Å². The van der Waals surface area contributed by atoms with Crippen molar-refractivity contribution in [3.8, 4) is 0 Å². The molecule has 1 aromatic heterocycles. The van der Waals surface area contributed by atoms with Gasteiger partial charge in [-0.25, -0.2) is 5.01 Å². The van der Waals surface area contributed by atoms with E-state index in [0.717, 1.165) is 38.5 Å². The number of nitrogens with zero attached hydrogens (tertiary/aromatic N) is 3. The molecule has 84 valence electrons. The summed E-state index contributed by atoms with van der Waals surface area (Å²) < 4.78 is 7.13. The Bertz CT molecular complexity index is 317. The van der Waals surface area contributed by atoms with Crippen LogP contribution >= 0.6 is 0 Å². The van der Waals surface area contributed by atoms with Crippen molar-refractivity contribution in [2.75, 3.05) is 26.3 Å². The maximum absolute atomic E-state index is 5.28. The van der Waals surface area contributed by atoms with E-state index in [1.165, 1.54) is 5.56 Å². The molecule has 0 bridgehead atoms. The minimum atomic E-state index is 0.818. The van der Waals surface area contributed by atoms with Crippen LogP contribution in [-0.4, -0.2) is 41.1 Å². The van der Waals surface area contributed by atoms with Gasteiger partial charge in [0.15, 0.2) is 0 Å². The molecular weight excluding hydrogens is 192 g/mol. The maximum atomic E-state index is 5.28. The van der Waals surface area contributed by atoms with Crippen molar-refractivity contribution in [1.29, 1.82) is 0 Å². The Morgan fingerprint density at radius 3 is 2.80 bits per heavy atom. The van der Waals surface area contributed by atoms with Gasteiger partial charge in [0.05, 0.1) is 18.9 Å². The number of nitrogens with one attached hydrogen (secondary N) is 1. The van der Waals surface area contributed by atoms with E-state index in [1.54, 1.807) is 0 Å². The lowest BCUT2D eigenvalue weighted by molar-refractivity contribution is 0.0105. The highest BCUT2D eigenvalue weighted by molar-refractivity contribution is 5.14. The second kappa shape index (κ2) is 4.74. The molecule has 0 spiro atoms. The van der Waals surface area contributed by atoms with Gasteiger partial charge < -0.3 is 4.74 Å². The third kappa shape index (κ3) is 2.77. The summed E-state index contributed by atoms with van der Waals surface area (Å²) in [7, 11) is 1.95. The zero-order chi connectivity index (χ0) is 10.7. The first-order valence-electron chi connectivity index (χ1n) is 5.31. The lowest BCUT2D eigenvalue weighted by Crippen LogP contribution is -2.45. The van der Waals surface area contributed by atoms with Gasteiger partial charge in [-0.3, -0.25) is 10.1 Å². The lowest BCUT2D eigenvalue weighted by Gasteiger charge is -2.27. The summed E-state index contributed by atoms with van der Waals surface area (Å²) >= 11 is 0. The normalized spacial score (nSPS) is 18.3. The molecule has 0 aliphatic carbocycles. The van der Waals surface area contributed by atoms with E-state index < -0.39 is 0 Å². The Morgan fingerprint density at radius 2 is 2.20 bits per heavy atom. The van der Waals surface area contributed by atoms with Crippen LogP contribution in [0.4, 0.5) is 0 Å². The molecule has 1 fully saturated rings. The summed E-state index contributed by atoms with van der Waals surface area (Å²) in [6.45, 7) is 6.44. The second-order valence-electron chi connectivity index (χ2n) is 3.85. The Hall–Kier alpha value is -0.910. The van der Waals surface area contributed by atoms with Crippen molar-refractivity contribution in [2.45, 2.75) is 13.5 Å². The predicted molar refractivity (Wildman–Crippen MR) is 57.2 cm³/mol. The monoisotopic (exact) mass is 210 g/mol. The summed E-state index contributed by atoms with van der Waals surface area (Å²) in [5.41, 5.74) is 5.74. The Kier molecular flexibility index (Phi) is 3.35. The first kappa shape index (κ1) is 10.6. The number of morpholine rings is 1. The number of aromatic nitrogens is 2. The molecule has 2 heterocycles. The SMILES string of the molecule is Cc1nn(C)cc1CNN1CCOCC1. The van der Waals surface area contributed by atoms with E-state index >= 15 is 0 Å². The van der Waals surface area contributed by atoms with Gasteiger partial charge in [0.1, 0.15) is 0 Å². The molecule has 1 aliphatic rings. The topological polar surface area (TPSA) is 42.3 Å². The summed E-state index contributed by atoms with van der Waals surface area (Å²) in [6.07, 6.45) is 2.06. The van der Waals surface area contributed by atoms with E-state index in [0.29, 0.717) is 0 Å². The highest BCUT2D eigenvalue weighted by atomic mass is 16.5. The fraction of sp³-hybridized carbons (Fsp3) is 0.700. The smallest absolute Gasteiger partial charge is 0.0639 e. The van der Waals surface area contributed by atoms with Crippen LogP contribution in [-0.2, 0) is 18.3 Å². The van der Waals surface area contributed by atoms with Gasteiger partial charge in [0.2, 0.25) is 0 Å². The molecule has 1 aromatic rings. The quantitative estimate of drug-likeness (QED) is 0.766. The number of ether oxygens (including phenoxy) is 1. The van der Waals surface area contributed by atoms with Crippen LogP contribution in [0.2, 0.25) is 0 Å². The highest BCUT2D eigenvalue weighted by Gasteiger charge is 2.10. The van der Waals surface area contributed by atoms with Gasteiger partial charge in [-0.15, -0.1) is 0 Å². The summed E-state index contributed by atoms with van der Waals surface area (Å²) in [5.74, 6) is 0. The molecule has 0 radical (unpaired) electrons. The molecule has 15 heavy (non-hydrogen) atoms. The highest BCUT2D eigenvalue weighted by Crippen LogP contribution is 2.04. The van der Waals surface area contributed by atoms with Crippen molar-refractivity contribution in [3.05, 3.63) is 17.5 Å². The minimum Gasteiger partial charge on any atom is -0.379 e. The third-order valence-electron chi connectivity index (χ3n) is 2.62. The zero-order valence-electron chi connectivity index (χ0n) is 9.36. The minimum absolute atomic E-state index is 0.818. The molecule has 1 N–H and O–H groups in total. The largest absolute Gasteiger partial charge is 0.379 e. The number of rotatable bonds is 3. The molecular formula is C10H18N4O. The van der Waals surface area contributed by atoms with Crippen molar-refractivity contribution in [1.82, 2.24) is 20.2 Å². The number of hydrazine groups is 1. The first-order chi connectivity index (χ1) is 7.25. The summed E-state index contributed by atoms with van der Waals surface area (Å²) in [5, 5.41) is 6.51. The van der Waals surface area contributed by atoms with Crippen molar-refractivity contribution >= 4 is 0 Å². The number of hydrogen-bond acceptors (Lipinski definition) is 4. The first-order valence-corrected chi connectivity index (χ1v) is 5.31. The van der Waals surface area contributed by atoms with Crippen LogP contribution in [0.5, 0.6) is 0 Å². The van der Waals surface area contributed by atoms with Crippen LogP contribution in [0.1, 0.15) is 11.3 Å². The number of hydrogen-bond donors (Lipinski definition) is 1. The predicted octanol–water partition coefficient (Wildman–Crippen LogP) is 0.0653. The third-order valence-corrected chi connectivity index (χ3v) is 2.62. The van der Waals surface area contributed by atoms with E-state index in [1.807, 2.05) is 18.7 Å². The van der Waals surface area contributed by atoms with Gasteiger partial charge in [-0.05, 0) is 6.92 Å². The van der Waals surface area contributed by atoms with E-state index in [-0.39, 0.29) is 0 Å². The fourth-order valence-corrected chi connectivity index (χ4v) is 1.74. The van der Waals surface area contributed by atoms with E-state index in [2.05, 4.69) is 21.7 Å². The summed E-state index contributed by atoms with van der Waals surface area (Å²) in [4.78, 5) is 0. The molecule has 5 heteroatoms. The molecule has 0 unspecified atom stereocenters. The summed E-state index contributed by atoms with van der Waals surface area (Å²) in [6, 6.07) is 0. The van der Waals surface area contributed by atoms with Gasteiger partial charge in [-0.1, -0.05) is 0 Å². The van der Waals surface area contributed by atoms with Gasteiger partial charge in [0.25, 0.3) is 0 Å². The van der Waals surface area contributed by atoms with Crippen molar-refractivity contribution in [3.63, 3.8) is 0 Å². The standard InChI is InChI=1S/C10H18N4O/c1-9-10(8-13(2)12-9)7-11-14-3-5-15-6-4-14/h8,11H,3-7H2,1-2H3. The van der Waals surface area contributed by atoms with Crippen LogP contribution in [0, 0.1) is 6.92 Å². The van der Waals surface area contributed by atoms with Crippen LogP contribution < -0.4 is 5.43 Å². The average Bonchev–Trinajstić information content (AvgIpc) is 2.56. The van der Waals surface area contributed by atoms with Gasteiger partial charge in [0, 0.05) is 38.4 Å². The lowest BCUT2D eigenvalue weighted by atomic mass is 10.3. The fourth-order valence-electron chi connectivity index (χ4n) is 1.74. The van der Waals surface area contributed by atoms with Crippen molar-refractivity contribution < 1.29 is 4.74 Å². The molecule has 0 saturated carbocycles. The van der Waals surface area contributed by atoms with E-state index in [9.17, 15) is 0 Å². The van der Waals surface area contributed by atoms with Gasteiger partial charge >= 0.3 is 0 Å². The Balaban J connectivity index is 1.84. The Labute approximate surface area is 90.0 Å². The molecule has 5 nitrogen and oxygen atoms in total. The second-order valence-corrected chi connectivity index (χ2v) is 3.85. The Morgan fingerprint density at radius 1 is 1.47 bits per heavy atom. The van der Waals surface area contributed by atoms with Crippen LogP contribution in [0.15, 0.2) is 6.20 Å². The molecule has 1 aliphatic heterocycles. The molecule has 1 saturated heterocycles. The molecule has 0 atom stereocenters. The van der Waals surface area contributed by atoms with E-state index in [4.69, 9.17) is 4.74 Å². The zero-order valence-corrected chi connectivity index (χ0v) is 9.36.